The first kappa shape index (κ1) is 14.7. The van der Waals surface area contributed by atoms with Gasteiger partial charge in [-0.1, -0.05) is 44.0 Å². The number of hydrogen-bond acceptors (Lipinski definition) is 2. The van der Waals surface area contributed by atoms with E-state index in [1.807, 2.05) is 18.2 Å². The largest absolute Gasteiger partial charge is 0.271 e. The van der Waals surface area contributed by atoms with Crippen molar-refractivity contribution in [3.63, 3.8) is 0 Å². The Labute approximate surface area is 128 Å². The molecule has 3 N–H and O–H groups in total. The second-order valence-electron chi connectivity index (χ2n) is 4.25. The van der Waals surface area contributed by atoms with Crippen molar-refractivity contribution in [2.24, 2.45) is 5.84 Å². The molecule has 0 heterocycles. The van der Waals surface area contributed by atoms with Crippen molar-refractivity contribution in [1.29, 1.82) is 0 Å². The molecule has 100 valence electrons. The average molecular weight is 388 g/mol. The maximum absolute atomic E-state index is 12.9. The molecule has 0 saturated heterocycles. The molecule has 0 aliphatic rings. The molecule has 0 amide bonds. The fourth-order valence-electron chi connectivity index (χ4n) is 1.91. The van der Waals surface area contributed by atoms with Crippen LogP contribution in [-0.4, -0.2) is 0 Å². The highest BCUT2D eigenvalue weighted by Crippen LogP contribution is 2.26. The third kappa shape index (κ3) is 4.11. The van der Waals surface area contributed by atoms with Crippen LogP contribution in [0.1, 0.15) is 17.2 Å². The first-order valence-corrected chi connectivity index (χ1v) is 7.33. The Bertz CT molecular complexity index is 538. The van der Waals surface area contributed by atoms with E-state index in [9.17, 15) is 4.39 Å². The summed E-state index contributed by atoms with van der Waals surface area (Å²) < 4.78 is 14.8. The van der Waals surface area contributed by atoms with Gasteiger partial charge in [-0.25, -0.2) is 4.39 Å². The lowest BCUT2D eigenvalue weighted by molar-refractivity contribution is 0.550. The Morgan fingerprint density at radius 1 is 1.05 bits per heavy atom. The van der Waals surface area contributed by atoms with Crippen molar-refractivity contribution in [2.75, 3.05) is 0 Å². The molecule has 0 bridgehead atoms. The number of hydrogen-bond donors (Lipinski definition) is 2. The van der Waals surface area contributed by atoms with E-state index in [1.165, 1.54) is 12.1 Å². The summed E-state index contributed by atoms with van der Waals surface area (Å²) in [6, 6.07) is 12.4. The number of rotatable bonds is 4. The highest BCUT2D eigenvalue weighted by atomic mass is 79.9. The van der Waals surface area contributed by atoms with Crippen molar-refractivity contribution in [1.82, 2.24) is 5.43 Å². The van der Waals surface area contributed by atoms with Crippen LogP contribution in [0.15, 0.2) is 51.4 Å². The summed E-state index contributed by atoms with van der Waals surface area (Å²) in [6.45, 7) is 0. The molecule has 19 heavy (non-hydrogen) atoms. The second kappa shape index (κ2) is 6.61. The lowest BCUT2D eigenvalue weighted by Crippen LogP contribution is -2.29. The number of benzene rings is 2. The summed E-state index contributed by atoms with van der Waals surface area (Å²) in [5.74, 6) is 5.40. The Morgan fingerprint density at radius 2 is 1.63 bits per heavy atom. The zero-order valence-electron chi connectivity index (χ0n) is 10.0. The van der Waals surface area contributed by atoms with E-state index >= 15 is 0 Å². The smallest absolute Gasteiger partial charge is 0.123 e. The van der Waals surface area contributed by atoms with E-state index < -0.39 is 0 Å². The summed E-state index contributed by atoms with van der Waals surface area (Å²) in [4.78, 5) is 0. The molecule has 2 aromatic carbocycles. The molecule has 2 aromatic rings. The Hall–Kier alpha value is -0.750. The monoisotopic (exact) mass is 386 g/mol. The van der Waals surface area contributed by atoms with Gasteiger partial charge in [0.2, 0.25) is 0 Å². The molecule has 1 atom stereocenters. The van der Waals surface area contributed by atoms with Gasteiger partial charge in [-0.15, -0.1) is 0 Å². The highest BCUT2D eigenvalue weighted by Gasteiger charge is 2.12. The Kier molecular flexibility index (Phi) is 5.10. The van der Waals surface area contributed by atoms with Crippen LogP contribution < -0.4 is 11.3 Å². The van der Waals surface area contributed by atoms with Gasteiger partial charge in [-0.2, -0.15) is 0 Å². The van der Waals surface area contributed by atoms with E-state index in [1.54, 1.807) is 12.1 Å². The van der Waals surface area contributed by atoms with Crippen LogP contribution in [0.5, 0.6) is 0 Å². The maximum Gasteiger partial charge on any atom is 0.123 e. The van der Waals surface area contributed by atoms with Crippen molar-refractivity contribution < 1.29 is 4.39 Å². The van der Waals surface area contributed by atoms with Gasteiger partial charge in [0.25, 0.3) is 0 Å². The van der Waals surface area contributed by atoms with Gasteiger partial charge < -0.3 is 0 Å². The summed E-state index contributed by atoms with van der Waals surface area (Å²) in [7, 11) is 0. The van der Waals surface area contributed by atoms with E-state index in [2.05, 4.69) is 37.3 Å². The van der Waals surface area contributed by atoms with Gasteiger partial charge in [0.15, 0.2) is 0 Å². The van der Waals surface area contributed by atoms with Gasteiger partial charge in [0.1, 0.15) is 5.82 Å². The van der Waals surface area contributed by atoms with Gasteiger partial charge in [-0.05, 0) is 47.9 Å². The molecule has 5 heteroatoms. The molecule has 2 nitrogen and oxygen atoms in total. The number of halogens is 3. The fourth-order valence-corrected chi connectivity index (χ4v) is 3.23. The summed E-state index contributed by atoms with van der Waals surface area (Å²) in [6.07, 6.45) is 0.694. The van der Waals surface area contributed by atoms with Crippen LogP contribution in [0.2, 0.25) is 0 Å². The van der Waals surface area contributed by atoms with Crippen LogP contribution >= 0.6 is 31.9 Å². The van der Waals surface area contributed by atoms with Crippen LogP contribution in [-0.2, 0) is 6.42 Å². The average Bonchev–Trinajstić information content (AvgIpc) is 2.37. The van der Waals surface area contributed by atoms with Crippen LogP contribution in [0, 0.1) is 5.82 Å². The van der Waals surface area contributed by atoms with Crippen molar-refractivity contribution in [3.8, 4) is 0 Å². The van der Waals surface area contributed by atoms with Crippen molar-refractivity contribution in [2.45, 2.75) is 12.5 Å². The van der Waals surface area contributed by atoms with E-state index in [4.69, 9.17) is 5.84 Å². The Morgan fingerprint density at radius 3 is 2.16 bits per heavy atom. The molecule has 0 fully saturated rings. The van der Waals surface area contributed by atoms with E-state index in [-0.39, 0.29) is 11.9 Å². The van der Waals surface area contributed by atoms with Gasteiger partial charge in [-0.3, -0.25) is 11.3 Å². The highest BCUT2D eigenvalue weighted by molar-refractivity contribution is 9.11. The minimum Gasteiger partial charge on any atom is -0.271 e. The quantitative estimate of drug-likeness (QED) is 0.612. The Balaban J connectivity index is 2.22. The lowest BCUT2D eigenvalue weighted by Gasteiger charge is -2.17. The maximum atomic E-state index is 12.9. The topological polar surface area (TPSA) is 38.0 Å². The first-order chi connectivity index (χ1) is 9.08. The molecular weight excluding hydrogens is 375 g/mol. The van der Waals surface area contributed by atoms with Crippen molar-refractivity contribution in [3.05, 3.63) is 68.4 Å². The predicted molar refractivity (Wildman–Crippen MR) is 82.0 cm³/mol. The molecule has 1 unspecified atom stereocenters. The van der Waals surface area contributed by atoms with Crippen molar-refractivity contribution >= 4 is 31.9 Å². The second-order valence-corrected chi connectivity index (χ2v) is 6.08. The molecular formula is C14H13Br2FN2. The van der Waals surface area contributed by atoms with Gasteiger partial charge in [0, 0.05) is 8.95 Å². The van der Waals surface area contributed by atoms with Crippen LogP contribution in [0.4, 0.5) is 4.39 Å². The first-order valence-electron chi connectivity index (χ1n) is 5.75. The molecule has 2 rings (SSSR count). The van der Waals surface area contributed by atoms with E-state index in [0.29, 0.717) is 6.42 Å². The minimum atomic E-state index is -0.230. The normalized spacial score (nSPS) is 12.4. The predicted octanol–water partition coefficient (Wildman–Crippen LogP) is 4.10. The van der Waals surface area contributed by atoms with Crippen LogP contribution in [0.3, 0.4) is 0 Å². The molecule has 0 saturated carbocycles. The third-order valence-electron chi connectivity index (χ3n) is 2.84. The molecule has 0 aliphatic carbocycles. The number of nitrogens with two attached hydrogens (primary N) is 1. The lowest BCUT2D eigenvalue weighted by atomic mass is 9.99. The number of hydrazine groups is 1. The van der Waals surface area contributed by atoms with Gasteiger partial charge in [0.05, 0.1) is 6.04 Å². The summed E-state index contributed by atoms with van der Waals surface area (Å²) in [5, 5.41) is 0. The summed E-state index contributed by atoms with van der Waals surface area (Å²) in [5.41, 5.74) is 4.89. The SMILES string of the molecule is NNC(Cc1ccc(F)cc1)c1cc(Br)cc(Br)c1. The van der Waals surface area contributed by atoms with Gasteiger partial charge >= 0.3 is 0 Å². The zero-order chi connectivity index (χ0) is 13.8. The molecule has 0 aromatic heterocycles. The van der Waals surface area contributed by atoms with Crippen LogP contribution in [0.25, 0.3) is 0 Å². The minimum absolute atomic E-state index is 0.0285. The molecule has 0 aliphatic heterocycles. The summed E-state index contributed by atoms with van der Waals surface area (Å²) >= 11 is 6.91. The molecule has 0 radical (unpaired) electrons. The third-order valence-corrected chi connectivity index (χ3v) is 3.76. The fraction of sp³-hybridized carbons (Fsp3) is 0.143. The zero-order valence-corrected chi connectivity index (χ0v) is 13.2. The molecule has 0 spiro atoms. The standard InChI is InChI=1S/C14H13Br2FN2/c15-11-6-10(7-12(16)8-11)14(19-18)5-9-1-3-13(17)4-2-9/h1-4,6-8,14,19H,5,18H2. The van der Waals surface area contributed by atoms with E-state index in [0.717, 1.165) is 20.1 Å². The number of nitrogens with one attached hydrogen (secondary N) is 1.